The SMILES string of the molecule is Cn1ccnc1C(=O)Nc1ccc2c(c1)CN(C1CCC(=O)NC1=O)C2=O. The molecule has 3 heterocycles. The molecule has 27 heavy (non-hydrogen) atoms. The molecule has 1 saturated heterocycles. The molecule has 0 radical (unpaired) electrons. The summed E-state index contributed by atoms with van der Waals surface area (Å²) in [6.45, 7) is 0.257. The van der Waals surface area contributed by atoms with Crippen LogP contribution in [0.25, 0.3) is 0 Å². The molecule has 2 N–H and O–H groups in total. The fraction of sp³-hybridized carbons (Fsp3) is 0.278. The summed E-state index contributed by atoms with van der Waals surface area (Å²) in [4.78, 5) is 53.8. The van der Waals surface area contributed by atoms with Gasteiger partial charge in [-0.2, -0.15) is 0 Å². The van der Waals surface area contributed by atoms with Crippen molar-refractivity contribution in [1.82, 2.24) is 19.8 Å². The van der Waals surface area contributed by atoms with Gasteiger partial charge in [0.25, 0.3) is 11.8 Å². The van der Waals surface area contributed by atoms with E-state index in [4.69, 9.17) is 0 Å². The van der Waals surface area contributed by atoms with Crippen molar-refractivity contribution in [2.24, 2.45) is 7.05 Å². The molecule has 1 aromatic carbocycles. The van der Waals surface area contributed by atoms with Gasteiger partial charge < -0.3 is 14.8 Å². The van der Waals surface area contributed by atoms with E-state index in [2.05, 4.69) is 15.6 Å². The van der Waals surface area contributed by atoms with Gasteiger partial charge in [-0.05, 0) is 30.2 Å². The van der Waals surface area contributed by atoms with Crippen molar-refractivity contribution >= 4 is 29.3 Å². The number of fused-ring (bicyclic) bond motifs is 1. The molecule has 0 saturated carbocycles. The molecule has 0 aliphatic carbocycles. The molecule has 1 fully saturated rings. The molecule has 1 aromatic heterocycles. The largest absolute Gasteiger partial charge is 0.330 e. The summed E-state index contributed by atoms with van der Waals surface area (Å²) >= 11 is 0. The number of aryl methyl sites for hydroxylation is 1. The normalized spacial score (nSPS) is 19.1. The molecule has 9 heteroatoms. The minimum atomic E-state index is -0.659. The first-order valence-electron chi connectivity index (χ1n) is 8.50. The van der Waals surface area contributed by atoms with E-state index in [1.807, 2.05) is 0 Å². The average Bonchev–Trinajstić information content (AvgIpc) is 3.19. The van der Waals surface area contributed by atoms with Gasteiger partial charge in [0.2, 0.25) is 11.8 Å². The van der Waals surface area contributed by atoms with E-state index >= 15 is 0 Å². The molecule has 2 aliphatic heterocycles. The summed E-state index contributed by atoms with van der Waals surface area (Å²) in [7, 11) is 1.72. The second-order valence-electron chi connectivity index (χ2n) is 6.59. The van der Waals surface area contributed by atoms with Crippen LogP contribution in [0, 0.1) is 0 Å². The first-order chi connectivity index (χ1) is 12.9. The number of anilines is 1. The number of imidazole rings is 1. The van der Waals surface area contributed by atoms with Crippen molar-refractivity contribution in [3.63, 3.8) is 0 Å². The average molecular weight is 367 g/mol. The van der Waals surface area contributed by atoms with Crippen LogP contribution in [0.2, 0.25) is 0 Å². The molecule has 1 unspecified atom stereocenters. The van der Waals surface area contributed by atoms with Gasteiger partial charge in [-0.25, -0.2) is 4.98 Å². The standard InChI is InChI=1S/C18H17N5O4/c1-22-7-6-19-15(22)17(26)20-11-2-3-12-10(8-11)9-23(18(12)27)13-4-5-14(24)21-16(13)25/h2-3,6-8,13H,4-5,9H2,1H3,(H,20,26)(H,21,24,25). The van der Waals surface area contributed by atoms with E-state index in [9.17, 15) is 19.2 Å². The summed E-state index contributed by atoms with van der Waals surface area (Å²) in [5.41, 5.74) is 1.76. The van der Waals surface area contributed by atoms with Crippen LogP contribution in [-0.2, 0) is 23.2 Å². The lowest BCUT2D eigenvalue weighted by molar-refractivity contribution is -0.136. The van der Waals surface area contributed by atoms with Crippen molar-refractivity contribution in [1.29, 1.82) is 0 Å². The lowest BCUT2D eigenvalue weighted by Crippen LogP contribution is -2.52. The molecule has 9 nitrogen and oxygen atoms in total. The number of carbonyl (C=O) groups is 4. The topological polar surface area (TPSA) is 113 Å². The lowest BCUT2D eigenvalue weighted by Gasteiger charge is -2.29. The maximum atomic E-state index is 12.6. The van der Waals surface area contributed by atoms with Crippen molar-refractivity contribution in [3.8, 4) is 0 Å². The molecule has 2 aromatic rings. The minimum Gasteiger partial charge on any atom is -0.330 e. The Labute approximate surface area is 154 Å². The van der Waals surface area contributed by atoms with E-state index < -0.39 is 11.9 Å². The number of imide groups is 1. The highest BCUT2D eigenvalue weighted by atomic mass is 16.2. The minimum absolute atomic E-state index is 0.210. The zero-order valence-electron chi connectivity index (χ0n) is 14.6. The Morgan fingerprint density at radius 2 is 2.11 bits per heavy atom. The maximum Gasteiger partial charge on any atom is 0.291 e. The number of nitrogens with one attached hydrogen (secondary N) is 2. The monoisotopic (exact) mass is 367 g/mol. The molecule has 1 atom stereocenters. The van der Waals surface area contributed by atoms with Gasteiger partial charge in [-0.1, -0.05) is 0 Å². The second kappa shape index (κ2) is 6.35. The van der Waals surface area contributed by atoms with Gasteiger partial charge in [-0.3, -0.25) is 24.5 Å². The molecular weight excluding hydrogens is 350 g/mol. The summed E-state index contributed by atoms with van der Waals surface area (Å²) in [6.07, 6.45) is 3.73. The fourth-order valence-electron chi connectivity index (χ4n) is 3.42. The Morgan fingerprint density at radius 1 is 1.30 bits per heavy atom. The molecule has 0 bridgehead atoms. The number of nitrogens with zero attached hydrogens (tertiary/aromatic N) is 3. The number of piperidine rings is 1. The third-order valence-electron chi connectivity index (χ3n) is 4.81. The van der Waals surface area contributed by atoms with Crippen LogP contribution in [0.4, 0.5) is 5.69 Å². The Bertz CT molecular complexity index is 980. The highest BCUT2D eigenvalue weighted by molar-refractivity contribution is 6.06. The number of amides is 4. The van der Waals surface area contributed by atoms with Crippen LogP contribution < -0.4 is 10.6 Å². The fourth-order valence-corrected chi connectivity index (χ4v) is 3.42. The maximum absolute atomic E-state index is 12.6. The van der Waals surface area contributed by atoms with Gasteiger partial charge in [0.1, 0.15) is 6.04 Å². The highest BCUT2D eigenvalue weighted by Gasteiger charge is 2.39. The lowest BCUT2D eigenvalue weighted by atomic mass is 10.0. The van der Waals surface area contributed by atoms with Crippen LogP contribution in [0.3, 0.4) is 0 Å². The van der Waals surface area contributed by atoms with E-state index in [1.54, 1.807) is 36.0 Å². The van der Waals surface area contributed by atoms with Gasteiger partial charge in [0.15, 0.2) is 5.82 Å². The molecule has 138 valence electrons. The summed E-state index contributed by atoms with van der Waals surface area (Å²) in [6, 6.07) is 4.34. The Morgan fingerprint density at radius 3 is 2.81 bits per heavy atom. The van der Waals surface area contributed by atoms with E-state index in [0.29, 0.717) is 17.7 Å². The van der Waals surface area contributed by atoms with Gasteiger partial charge >= 0.3 is 0 Å². The Balaban J connectivity index is 1.52. The zero-order valence-corrected chi connectivity index (χ0v) is 14.6. The van der Waals surface area contributed by atoms with E-state index in [-0.39, 0.29) is 36.5 Å². The first-order valence-corrected chi connectivity index (χ1v) is 8.50. The van der Waals surface area contributed by atoms with Gasteiger partial charge in [0.05, 0.1) is 0 Å². The molecule has 4 rings (SSSR count). The predicted molar refractivity (Wildman–Crippen MR) is 93.6 cm³/mol. The van der Waals surface area contributed by atoms with Crippen molar-refractivity contribution in [3.05, 3.63) is 47.5 Å². The van der Waals surface area contributed by atoms with E-state index in [0.717, 1.165) is 5.56 Å². The summed E-state index contributed by atoms with van der Waals surface area (Å²) in [5.74, 6) is -1.09. The van der Waals surface area contributed by atoms with Gasteiger partial charge in [0, 0.05) is 43.7 Å². The third-order valence-corrected chi connectivity index (χ3v) is 4.81. The second-order valence-corrected chi connectivity index (χ2v) is 6.59. The summed E-state index contributed by atoms with van der Waals surface area (Å²) < 4.78 is 1.61. The number of hydrogen-bond acceptors (Lipinski definition) is 5. The summed E-state index contributed by atoms with van der Waals surface area (Å²) in [5, 5.41) is 5.04. The number of aromatic nitrogens is 2. The van der Waals surface area contributed by atoms with Crippen molar-refractivity contribution in [2.45, 2.75) is 25.4 Å². The predicted octanol–water partition coefficient (Wildman–Crippen LogP) is 0.433. The van der Waals surface area contributed by atoms with Crippen molar-refractivity contribution < 1.29 is 19.2 Å². The van der Waals surface area contributed by atoms with Crippen LogP contribution in [0.15, 0.2) is 30.6 Å². The number of hydrogen-bond donors (Lipinski definition) is 2. The Hall–Kier alpha value is -3.49. The number of benzene rings is 1. The van der Waals surface area contributed by atoms with Crippen LogP contribution in [0.5, 0.6) is 0 Å². The zero-order chi connectivity index (χ0) is 19.1. The smallest absolute Gasteiger partial charge is 0.291 e. The van der Waals surface area contributed by atoms with Crippen molar-refractivity contribution in [2.75, 3.05) is 5.32 Å². The molecule has 4 amide bonds. The molecule has 0 spiro atoms. The third kappa shape index (κ3) is 2.97. The quantitative estimate of drug-likeness (QED) is 0.764. The van der Waals surface area contributed by atoms with Crippen LogP contribution in [-0.4, -0.2) is 44.1 Å². The molecule has 2 aliphatic rings. The number of carbonyl (C=O) groups excluding carboxylic acids is 4. The highest BCUT2D eigenvalue weighted by Crippen LogP contribution is 2.29. The Kier molecular flexibility index (Phi) is 3.98. The first kappa shape index (κ1) is 17.0. The van der Waals surface area contributed by atoms with E-state index in [1.165, 1.54) is 11.1 Å². The molecular formula is C18H17N5O4. The van der Waals surface area contributed by atoms with Crippen LogP contribution >= 0.6 is 0 Å². The van der Waals surface area contributed by atoms with Crippen LogP contribution in [0.1, 0.15) is 39.4 Å². The van der Waals surface area contributed by atoms with Gasteiger partial charge in [-0.15, -0.1) is 0 Å². The number of rotatable bonds is 3.